The zero-order chi connectivity index (χ0) is 10.7. The molecule has 0 aliphatic heterocycles. The molecule has 0 unspecified atom stereocenters. The summed E-state index contributed by atoms with van der Waals surface area (Å²) >= 11 is 18.3. The van der Waals surface area contributed by atoms with E-state index in [1.807, 2.05) is 0 Å². The van der Waals surface area contributed by atoms with Crippen LogP contribution in [0.1, 0.15) is 11.0 Å². The van der Waals surface area contributed by atoms with Gasteiger partial charge in [-0.25, -0.2) is 0 Å². The average molecular weight is 272 g/mol. The van der Waals surface area contributed by atoms with Crippen LogP contribution in [0.5, 0.6) is 0 Å². The van der Waals surface area contributed by atoms with Gasteiger partial charge in [0.05, 0.1) is 14.9 Å². The molecule has 76 valence electrons. The molecule has 1 rings (SSSR count). The fourth-order valence-electron chi connectivity index (χ4n) is 0.764. The van der Waals surface area contributed by atoms with Crippen LogP contribution in [0, 0.1) is 11.8 Å². The maximum atomic E-state index is 9.49. The predicted molar refractivity (Wildman–Crippen MR) is 59.2 cm³/mol. The lowest BCUT2D eigenvalue weighted by Crippen LogP contribution is -1.91. The summed E-state index contributed by atoms with van der Waals surface area (Å²) in [6, 6.07) is 0. The summed E-state index contributed by atoms with van der Waals surface area (Å²) in [5, 5.41) is 18.3. The quantitative estimate of drug-likeness (QED) is 0.771. The van der Waals surface area contributed by atoms with Gasteiger partial charge in [0.25, 0.3) is 0 Å². The van der Waals surface area contributed by atoms with E-state index in [1.165, 1.54) is 0 Å². The van der Waals surface area contributed by atoms with Gasteiger partial charge in [-0.05, 0) is 0 Å². The predicted octanol–water partition coefficient (Wildman–Crippen LogP) is 2.74. The fraction of sp³-hybridized carbons (Fsp3) is 0.250. The SMILES string of the molecule is OCC#C[C@@H](O)c1sc(Cl)c(Cl)c1Cl. The van der Waals surface area contributed by atoms with Crippen molar-refractivity contribution in [3.05, 3.63) is 19.3 Å². The maximum absolute atomic E-state index is 9.49. The van der Waals surface area contributed by atoms with Crippen LogP contribution in [-0.4, -0.2) is 16.8 Å². The van der Waals surface area contributed by atoms with E-state index in [0.29, 0.717) is 9.21 Å². The number of rotatable bonds is 1. The van der Waals surface area contributed by atoms with Crippen LogP contribution in [-0.2, 0) is 0 Å². The van der Waals surface area contributed by atoms with Crippen molar-refractivity contribution in [3.8, 4) is 11.8 Å². The van der Waals surface area contributed by atoms with E-state index < -0.39 is 6.10 Å². The summed E-state index contributed by atoms with van der Waals surface area (Å²) in [7, 11) is 0. The monoisotopic (exact) mass is 270 g/mol. The summed E-state index contributed by atoms with van der Waals surface area (Å²) in [6.07, 6.45) is -1.07. The molecule has 0 aromatic carbocycles. The first-order valence-electron chi connectivity index (χ1n) is 3.48. The number of halogens is 3. The molecule has 1 aromatic rings. The molecule has 0 aliphatic rings. The summed E-state index contributed by atoms with van der Waals surface area (Å²) in [6.45, 7) is -0.318. The third-order valence-electron chi connectivity index (χ3n) is 1.35. The van der Waals surface area contributed by atoms with Gasteiger partial charge in [0.2, 0.25) is 0 Å². The van der Waals surface area contributed by atoms with E-state index in [4.69, 9.17) is 39.9 Å². The molecule has 0 aliphatic carbocycles. The van der Waals surface area contributed by atoms with Crippen molar-refractivity contribution in [2.45, 2.75) is 6.10 Å². The standard InChI is InChI=1S/C8H5Cl3O2S/c9-5-6(10)8(11)14-7(5)4(13)2-1-3-12/h4,12-13H,3H2/t4-/m1/s1. The Bertz CT molecular complexity index is 391. The molecule has 1 atom stereocenters. The molecule has 2 N–H and O–H groups in total. The van der Waals surface area contributed by atoms with Crippen molar-refractivity contribution in [1.29, 1.82) is 0 Å². The minimum atomic E-state index is -1.07. The minimum absolute atomic E-state index is 0.210. The molecule has 0 amide bonds. The Morgan fingerprint density at radius 2 is 1.93 bits per heavy atom. The number of hydrogen-bond donors (Lipinski definition) is 2. The van der Waals surface area contributed by atoms with Crippen LogP contribution < -0.4 is 0 Å². The Hall–Kier alpha value is 0.0500. The van der Waals surface area contributed by atoms with Crippen LogP contribution >= 0.6 is 46.1 Å². The molecular formula is C8H5Cl3O2S. The number of thiophene rings is 1. The van der Waals surface area contributed by atoms with Gasteiger partial charge in [0, 0.05) is 0 Å². The number of aliphatic hydroxyl groups is 2. The first-order chi connectivity index (χ1) is 6.57. The first kappa shape index (κ1) is 12.1. The summed E-state index contributed by atoms with van der Waals surface area (Å²) in [5.74, 6) is 4.71. The van der Waals surface area contributed by atoms with Gasteiger partial charge in [0.15, 0.2) is 6.10 Å². The Balaban J connectivity index is 3.01. The Morgan fingerprint density at radius 1 is 1.29 bits per heavy atom. The van der Waals surface area contributed by atoms with Crippen LogP contribution in [0.4, 0.5) is 0 Å². The average Bonchev–Trinajstić information content (AvgIpc) is 2.42. The van der Waals surface area contributed by atoms with Gasteiger partial charge < -0.3 is 10.2 Å². The maximum Gasteiger partial charge on any atom is 0.150 e. The van der Waals surface area contributed by atoms with Gasteiger partial charge in [-0.1, -0.05) is 46.6 Å². The van der Waals surface area contributed by atoms with Crippen molar-refractivity contribution >= 4 is 46.1 Å². The summed E-state index contributed by atoms with van der Waals surface area (Å²) < 4.78 is 0.316. The molecular weight excluding hydrogens is 267 g/mol. The molecule has 1 heterocycles. The van der Waals surface area contributed by atoms with Crippen molar-refractivity contribution in [1.82, 2.24) is 0 Å². The van der Waals surface area contributed by atoms with Gasteiger partial charge in [-0.2, -0.15) is 0 Å². The lowest BCUT2D eigenvalue weighted by molar-refractivity contribution is 0.241. The van der Waals surface area contributed by atoms with E-state index in [-0.39, 0.29) is 16.7 Å². The van der Waals surface area contributed by atoms with Gasteiger partial charge in [0.1, 0.15) is 10.9 Å². The molecule has 0 saturated heterocycles. The van der Waals surface area contributed by atoms with E-state index in [2.05, 4.69) is 11.8 Å². The molecule has 1 aromatic heterocycles. The smallest absolute Gasteiger partial charge is 0.150 e. The summed E-state index contributed by atoms with van der Waals surface area (Å²) in [5.41, 5.74) is 0. The molecule has 2 nitrogen and oxygen atoms in total. The van der Waals surface area contributed by atoms with Crippen LogP contribution in [0.25, 0.3) is 0 Å². The fourth-order valence-corrected chi connectivity index (χ4v) is 2.55. The highest BCUT2D eigenvalue weighted by Crippen LogP contribution is 2.42. The normalized spacial score (nSPS) is 12.1. The highest BCUT2D eigenvalue weighted by atomic mass is 35.5. The van der Waals surface area contributed by atoms with Crippen molar-refractivity contribution in [2.24, 2.45) is 0 Å². The topological polar surface area (TPSA) is 40.5 Å². The second kappa shape index (κ2) is 5.22. The van der Waals surface area contributed by atoms with Crippen LogP contribution in [0.2, 0.25) is 14.4 Å². The lowest BCUT2D eigenvalue weighted by atomic mass is 10.3. The largest absolute Gasteiger partial charge is 0.384 e. The number of aliphatic hydroxyl groups excluding tert-OH is 2. The van der Waals surface area contributed by atoms with E-state index >= 15 is 0 Å². The van der Waals surface area contributed by atoms with Gasteiger partial charge in [-0.3, -0.25) is 0 Å². The molecule has 0 bridgehead atoms. The van der Waals surface area contributed by atoms with Crippen molar-refractivity contribution < 1.29 is 10.2 Å². The lowest BCUT2D eigenvalue weighted by Gasteiger charge is -1.99. The second-order valence-corrected chi connectivity index (χ2v) is 4.66. The van der Waals surface area contributed by atoms with Crippen molar-refractivity contribution in [2.75, 3.05) is 6.61 Å². The minimum Gasteiger partial charge on any atom is -0.384 e. The van der Waals surface area contributed by atoms with E-state index in [1.54, 1.807) is 0 Å². The van der Waals surface area contributed by atoms with E-state index in [0.717, 1.165) is 11.3 Å². The summed E-state index contributed by atoms with van der Waals surface area (Å²) in [4.78, 5) is 0.391. The van der Waals surface area contributed by atoms with E-state index in [9.17, 15) is 5.11 Å². The highest BCUT2D eigenvalue weighted by molar-refractivity contribution is 7.17. The first-order valence-corrected chi connectivity index (χ1v) is 5.43. The third kappa shape index (κ3) is 2.54. The number of hydrogen-bond acceptors (Lipinski definition) is 3. The molecule has 0 spiro atoms. The third-order valence-corrected chi connectivity index (χ3v) is 3.99. The molecule has 14 heavy (non-hydrogen) atoms. The Labute approximate surface area is 100 Å². The molecule has 6 heteroatoms. The molecule has 0 fully saturated rings. The van der Waals surface area contributed by atoms with Crippen molar-refractivity contribution in [3.63, 3.8) is 0 Å². The Kier molecular flexibility index (Phi) is 4.52. The second-order valence-electron chi connectivity index (χ2n) is 2.25. The van der Waals surface area contributed by atoms with Crippen LogP contribution in [0.3, 0.4) is 0 Å². The molecule has 0 radical (unpaired) electrons. The zero-order valence-electron chi connectivity index (χ0n) is 6.72. The Morgan fingerprint density at radius 3 is 2.36 bits per heavy atom. The van der Waals surface area contributed by atoms with Gasteiger partial charge in [-0.15, -0.1) is 11.3 Å². The van der Waals surface area contributed by atoms with Gasteiger partial charge >= 0.3 is 0 Å². The zero-order valence-corrected chi connectivity index (χ0v) is 9.81. The molecule has 0 saturated carbocycles. The van der Waals surface area contributed by atoms with Crippen LogP contribution in [0.15, 0.2) is 0 Å². The highest BCUT2D eigenvalue weighted by Gasteiger charge is 2.18.